The smallest absolute Gasteiger partial charge is 0.119 e. The summed E-state index contributed by atoms with van der Waals surface area (Å²) in [7, 11) is 0. The van der Waals surface area contributed by atoms with Crippen LogP contribution in [-0.4, -0.2) is 25.3 Å². The summed E-state index contributed by atoms with van der Waals surface area (Å²) in [6.07, 6.45) is 2.44. The zero-order valence-electron chi connectivity index (χ0n) is 12.6. The van der Waals surface area contributed by atoms with E-state index in [-0.39, 0.29) is 6.10 Å². The lowest BCUT2D eigenvalue weighted by molar-refractivity contribution is 0.207. The molecule has 3 nitrogen and oxygen atoms in total. The van der Waals surface area contributed by atoms with Crippen LogP contribution < -0.4 is 14.8 Å². The van der Waals surface area contributed by atoms with E-state index < -0.39 is 0 Å². The van der Waals surface area contributed by atoms with Gasteiger partial charge in [-0.2, -0.15) is 0 Å². The summed E-state index contributed by atoms with van der Waals surface area (Å²) in [5.74, 6) is 1.80. The van der Waals surface area contributed by atoms with Crippen molar-refractivity contribution in [3.05, 3.63) is 24.3 Å². The molecule has 1 rings (SSSR count). The number of rotatable bonds is 9. The van der Waals surface area contributed by atoms with Crippen molar-refractivity contribution in [1.82, 2.24) is 5.32 Å². The Labute approximate surface area is 117 Å². The first-order valence-electron chi connectivity index (χ1n) is 7.24. The molecule has 1 aromatic rings. The zero-order valence-corrected chi connectivity index (χ0v) is 12.6. The van der Waals surface area contributed by atoms with Crippen LogP contribution in [0.2, 0.25) is 0 Å². The topological polar surface area (TPSA) is 30.5 Å². The maximum Gasteiger partial charge on any atom is 0.119 e. The van der Waals surface area contributed by atoms with Crippen molar-refractivity contribution in [3.63, 3.8) is 0 Å². The van der Waals surface area contributed by atoms with Crippen LogP contribution in [0.25, 0.3) is 0 Å². The van der Waals surface area contributed by atoms with E-state index in [0.717, 1.165) is 30.9 Å². The number of ether oxygens (including phenoxy) is 2. The molecule has 3 heteroatoms. The van der Waals surface area contributed by atoms with Gasteiger partial charge in [0.25, 0.3) is 0 Å². The molecule has 0 aliphatic rings. The molecule has 0 aliphatic carbocycles. The Hall–Kier alpha value is -1.22. The predicted molar refractivity (Wildman–Crippen MR) is 80.1 cm³/mol. The Morgan fingerprint density at radius 1 is 1.05 bits per heavy atom. The minimum Gasteiger partial charge on any atom is -0.494 e. The van der Waals surface area contributed by atoms with E-state index in [1.165, 1.54) is 0 Å². The first-order chi connectivity index (χ1) is 9.11. The van der Waals surface area contributed by atoms with Gasteiger partial charge in [0.15, 0.2) is 0 Å². The van der Waals surface area contributed by atoms with Gasteiger partial charge in [-0.15, -0.1) is 0 Å². The molecule has 19 heavy (non-hydrogen) atoms. The Bertz CT molecular complexity index is 335. The maximum atomic E-state index is 5.87. The van der Waals surface area contributed by atoms with E-state index >= 15 is 0 Å². The molecular formula is C16H27NO2. The van der Waals surface area contributed by atoms with E-state index in [1.54, 1.807) is 0 Å². The molecule has 1 N–H and O–H groups in total. The second-order valence-corrected chi connectivity index (χ2v) is 5.08. The van der Waals surface area contributed by atoms with Gasteiger partial charge in [-0.1, -0.05) is 13.8 Å². The highest BCUT2D eigenvalue weighted by Gasteiger charge is 2.04. The second-order valence-electron chi connectivity index (χ2n) is 5.08. The molecule has 108 valence electrons. The van der Waals surface area contributed by atoms with E-state index in [9.17, 15) is 0 Å². The van der Waals surface area contributed by atoms with E-state index in [4.69, 9.17) is 9.47 Å². The summed E-state index contributed by atoms with van der Waals surface area (Å²) in [4.78, 5) is 0. The summed E-state index contributed by atoms with van der Waals surface area (Å²) in [6.45, 7) is 10.2. The average molecular weight is 265 g/mol. The molecule has 0 heterocycles. The van der Waals surface area contributed by atoms with Crippen molar-refractivity contribution in [2.45, 2.75) is 52.7 Å². The summed E-state index contributed by atoms with van der Waals surface area (Å²) < 4.78 is 11.3. The zero-order chi connectivity index (χ0) is 14.1. The third-order valence-corrected chi connectivity index (χ3v) is 2.81. The van der Waals surface area contributed by atoms with Crippen molar-refractivity contribution in [1.29, 1.82) is 0 Å². The lowest BCUT2D eigenvalue weighted by Gasteiger charge is -2.15. The number of benzene rings is 1. The van der Waals surface area contributed by atoms with Crippen molar-refractivity contribution in [2.24, 2.45) is 0 Å². The van der Waals surface area contributed by atoms with Crippen LogP contribution in [0.15, 0.2) is 24.3 Å². The molecule has 1 unspecified atom stereocenters. The molecule has 1 aromatic carbocycles. The lowest BCUT2D eigenvalue weighted by atomic mass is 10.2. The predicted octanol–water partition coefficient (Wildman–Crippen LogP) is 3.63. The van der Waals surface area contributed by atoms with Crippen molar-refractivity contribution < 1.29 is 9.47 Å². The van der Waals surface area contributed by atoms with Crippen LogP contribution in [0.3, 0.4) is 0 Å². The van der Waals surface area contributed by atoms with Crippen LogP contribution in [0.1, 0.15) is 40.5 Å². The highest BCUT2D eigenvalue weighted by Crippen LogP contribution is 2.19. The normalized spacial score (nSPS) is 12.5. The highest BCUT2D eigenvalue weighted by atomic mass is 16.5. The van der Waals surface area contributed by atoms with Crippen LogP contribution in [0.4, 0.5) is 0 Å². The van der Waals surface area contributed by atoms with Gasteiger partial charge in [-0.25, -0.2) is 0 Å². The summed E-state index contributed by atoms with van der Waals surface area (Å²) in [6, 6.07) is 8.39. The third-order valence-electron chi connectivity index (χ3n) is 2.81. The van der Waals surface area contributed by atoms with Crippen molar-refractivity contribution in [3.8, 4) is 11.5 Å². The molecule has 0 amide bonds. The largest absolute Gasteiger partial charge is 0.494 e. The fourth-order valence-corrected chi connectivity index (χ4v) is 1.85. The monoisotopic (exact) mass is 265 g/mol. The molecule has 0 bridgehead atoms. The molecule has 0 radical (unpaired) electrons. The Morgan fingerprint density at radius 2 is 1.68 bits per heavy atom. The second kappa shape index (κ2) is 8.81. The fourth-order valence-electron chi connectivity index (χ4n) is 1.85. The van der Waals surface area contributed by atoms with E-state index in [1.807, 2.05) is 31.2 Å². The van der Waals surface area contributed by atoms with Crippen LogP contribution in [0.5, 0.6) is 11.5 Å². The quantitative estimate of drug-likeness (QED) is 0.692. The van der Waals surface area contributed by atoms with Gasteiger partial charge < -0.3 is 14.8 Å². The Balaban J connectivity index is 2.25. The van der Waals surface area contributed by atoms with Crippen LogP contribution in [0, 0.1) is 0 Å². The standard InChI is InChI=1S/C16H27NO2/c1-5-18-15-8-10-16(11-9-15)19-14(4)7-6-12-17-13(2)3/h8-11,13-14,17H,5-7,12H2,1-4H3. The first kappa shape index (κ1) is 15.8. The van der Waals surface area contributed by atoms with Gasteiger partial charge in [-0.05, 0) is 57.5 Å². The molecule has 0 aliphatic heterocycles. The third kappa shape index (κ3) is 7.06. The van der Waals surface area contributed by atoms with Gasteiger partial charge in [0, 0.05) is 6.04 Å². The maximum absolute atomic E-state index is 5.87. The first-order valence-corrected chi connectivity index (χ1v) is 7.24. The van der Waals surface area contributed by atoms with Gasteiger partial charge in [0.1, 0.15) is 11.5 Å². The Morgan fingerprint density at radius 3 is 2.26 bits per heavy atom. The van der Waals surface area contributed by atoms with Gasteiger partial charge in [0.2, 0.25) is 0 Å². The highest BCUT2D eigenvalue weighted by molar-refractivity contribution is 5.31. The number of hydrogen-bond donors (Lipinski definition) is 1. The van der Waals surface area contributed by atoms with E-state index in [2.05, 4.69) is 26.1 Å². The fraction of sp³-hybridized carbons (Fsp3) is 0.625. The SMILES string of the molecule is CCOc1ccc(OC(C)CCCNC(C)C)cc1. The lowest BCUT2D eigenvalue weighted by Crippen LogP contribution is -2.25. The minimum absolute atomic E-state index is 0.243. The number of hydrogen-bond acceptors (Lipinski definition) is 3. The van der Waals surface area contributed by atoms with Gasteiger partial charge >= 0.3 is 0 Å². The Kier molecular flexibility index (Phi) is 7.34. The molecular weight excluding hydrogens is 238 g/mol. The minimum atomic E-state index is 0.243. The van der Waals surface area contributed by atoms with Crippen LogP contribution in [-0.2, 0) is 0 Å². The number of nitrogens with one attached hydrogen (secondary N) is 1. The van der Waals surface area contributed by atoms with Gasteiger partial charge in [0.05, 0.1) is 12.7 Å². The van der Waals surface area contributed by atoms with Gasteiger partial charge in [-0.3, -0.25) is 0 Å². The van der Waals surface area contributed by atoms with E-state index in [0.29, 0.717) is 12.6 Å². The summed E-state index contributed by atoms with van der Waals surface area (Å²) in [5.41, 5.74) is 0. The summed E-state index contributed by atoms with van der Waals surface area (Å²) >= 11 is 0. The van der Waals surface area contributed by atoms with Crippen LogP contribution >= 0.6 is 0 Å². The average Bonchev–Trinajstić information content (AvgIpc) is 2.37. The van der Waals surface area contributed by atoms with Crippen molar-refractivity contribution >= 4 is 0 Å². The molecule has 0 fully saturated rings. The van der Waals surface area contributed by atoms with Crippen molar-refractivity contribution in [2.75, 3.05) is 13.2 Å². The molecule has 0 aromatic heterocycles. The molecule has 0 saturated heterocycles. The molecule has 0 spiro atoms. The summed E-state index contributed by atoms with van der Waals surface area (Å²) in [5, 5.41) is 3.41. The molecule has 1 atom stereocenters. The molecule has 0 saturated carbocycles.